The summed E-state index contributed by atoms with van der Waals surface area (Å²) in [5.74, 6) is 0.868. The van der Waals surface area contributed by atoms with Gasteiger partial charge in [0.1, 0.15) is 12.4 Å². The molecule has 0 saturated carbocycles. The van der Waals surface area contributed by atoms with E-state index in [1.807, 2.05) is 37.3 Å². The van der Waals surface area contributed by atoms with Crippen LogP contribution in [0.5, 0.6) is 11.5 Å². The number of rotatable bonds is 9. The van der Waals surface area contributed by atoms with E-state index in [-0.39, 0.29) is 18.5 Å². The topological polar surface area (TPSA) is 30.5 Å². The largest absolute Gasteiger partial charge is 0.490 e. The smallest absolute Gasteiger partial charge is 0.175 e. The predicted molar refractivity (Wildman–Crippen MR) is 123 cm³/mol. The minimum Gasteiger partial charge on any atom is -0.490 e. The lowest BCUT2D eigenvalue weighted by atomic mass is 10.1. The summed E-state index contributed by atoms with van der Waals surface area (Å²) < 4.78 is 25.8. The van der Waals surface area contributed by atoms with E-state index in [2.05, 4.69) is 40.3 Å². The second kappa shape index (κ2) is 10.8. The molecule has 0 saturated heterocycles. The van der Waals surface area contributed by atoms with Crippen molar-refractivity contribution in [2.75, 3.05) is 6.61 Å². The van der Waals surface area contributed by atoms with Crippen molar-refractivity contribution in [1.29, 1.82) is 0 Å². The first-order valence-corrected chi connectivity index (χ1v) is 10.9. The van der Waals surface area contributed by atoms with E-state index in [0.717, 1.165) is 10.0 Å². The van der Waals surface area contributed by atoms with Crippen LogP contribution in [0.4, 0.5) is 4.39 Å². The predicted octanol–water partition coefficient (Wildman–Crippen LogP) is 7.07. The van der Waals surface area contributed by atoms with Gasteiger partial charge in [0.25, 0.3) is 0 Å². The van der Waals surface area contributed by atoms with Crippen molar-refractivity contribution in [1.82, 2.24) is 5.32 Å². The Labute approximate surface area is 190 Å². The SMILES string of the molecule is CCOc1cc(CN[C@@H](C)c2ccccc2)cc(Br)c1OCc1ccc(F)cc1Cl. The molecule has 0 bridgehead atoms. The van der Waals surface area contributed by atoms with Crippen LogP contribution in [0.2, 0.25) is 5.02 Å². The van der Waals surface area contributed by atoms with Crippen molar-refractivity contribution in [3.05, 3.63) is 92.7 Å². The van der Waals surface area contributed by atoms with Crippen LogP contribution in [0, 0.1) is 5.82 Å². The van der Waals surface area contributed by atoms with Gasteiger partial charge in [-0.2, -0.15) is 0 Å². The molecule has 30 heavy (non-hydrogen) atoms. The second-order valence-electron chi connectivity index (χ2n) is 6.88. The van der Waals surface area contributed by atoms with Gasteiger partial charge in [0, 0.05) is 18.2 Å². The maximum absolute atomic E-state index is 13.3. The van der Waals surface area contributed by atoms with Crippen LogP contribution in [0.1, 0.15) is 36.6 Å². The molecule has 0 heterocycles. The molecule has 0 radical (unpaired) electrons. The molecule has 1 N–H and O–H groups in total. The van der Waals surface area contributed by atoms with Gasteiger partial charge in [0.2, 0.25) is 0 Å². The summed E-state index contributed by atoms with van der Waals surface area (Å²) in [4.78, 5) is 0. The van der Waals surface area contributed by atoms with Crippen molar-refractivity contribution in [2.24, 2.45) is 0 Å². The average Bonchev–Trinajstić information content (AvgIpc) is 2.73. The number of benzene rings is 3. The second-order valence-corrected chi connectivity index (χ2v) is 8.14. The molecule has 3 aromatic rings. The van der Waals surface area contributed by atoms with E-state index in [1.165, 1.54) is 17.7 Å². The van der Waals surface area contributed by atoms with E-state index in [4.69, 9.17) is 21.1 Å². The zero-order valence-electron chi connectivity index (χ0n) is 16.9. The Morgan fingerprint density at radius 3 is 2.53 bits per heavy atom. The molecule has 0 aliphatic rings. The van der Waals surface area contributed by atoms with E-state index >= 15 is 0 Å². The number of hydrogen-bond donors (Lipinski definition) is 1. The molecule has 158 valence electrons. The Morgan fingerprint density at radius 2 is 1.83 bits per heavy atom. The summed E-state index contributed by atoms with van der Waals surface area (Å²) in [7, 11) is 0. The summed E-state index contributed by atoms with van der Waals surface area (Å²) in [6.07, 6.45) is 0. The van der Waals surface area contributed by atoms with Crippen LogP contribution in [0.25, 0.3) is 0 Å². The number of hydrogen-bond acceptors (Lipinski definition) is 3. The van der Waals surface area contributed by atoms with Gasteiger partial charge in [0.15, 0.2) is 11.5 Å². The quantitative estimate of drug-likeness (QED) is 0.346. The zero-order chi connectivity index (χ0) is 21.5. The van der Waals surface area contributed by atoms with Crippen molar-refractivity contribution < 1.29 is 13.9 Å². The molecule has 1 atom stereocenters. The molecule has 0 fully saturated rings. The van der Waals surface area contributed by atoms with E-state index < -0.39 is 0 Å². The standard InChI is InChI=1S/C24H24BrClFNO2/c1-3-29-23-12-17(14-28-16(2)18-7-5-4-6-8-18)11-21(25)24(23)30-15-19-9-10-20(27)13-22(19)26/h4-13,16,28H,3,14-15H2,1-2H3/t16-/m0/s1. The molecule has 6 heteroatoms. The van der Waals surface area contributed by atoms with Crippen LogP contribution in [-0.4, -0.2) is 6.61 Å². The maximum atomic E-state index is 13.3. The summed E-state index contributed by atoms with van der Waals surface area (Å²) in [6, 6.07) is 18.8. The maximum Gasteiger partial charge on any atom is 0.175 e. The number of ether oxygens (including phenoxy) is 2. The summed E-state index contributed by atoms with van der Waals surface area (Å²) in [5.41, 5.74) is 3.01. The fourth-order valence-corrected chi connectivity index (χ4v) is 3.87. The third-order valence-electron chi connectivity index (χ3n) is 4.67. The Balaban J connectivity index is 1.73. The fraction of sp³-hybridized carbons (Fsp3) is 0.250. The van der Waals surface area contributed by atoms with Crippen molar-refractivity contribution in [3.63, 3.8) is 0 Å². The molecule has 3 nitrogen and oxygen atoms in total. The lowest BCUT2D eigenvalue weighted by molar-refractivity contribution is 0.267. The average molecular weight is 493 g/mol. The van der Waals surface area contributed by atoms with Gasteiger partial charge in [-0.3, -0.25) is 0 Å². The molecule has 0 amide bonds. The molecule has 3 aromatic carbocycles. The van der Waals surface area contributed by atoms with Crippen LogP contribution >= 0.6 is 27.5 Å². The molecule has 0 aliphatic carbocycles. The highest BCUT2D eigenvalue weighted by Gasteiger charge is 2.14. The van der Waals surface area contributed by atoms with Gasteiger partial charge in [-0.25, -0.2) is 4.39 Å². The van der Waals surface area contributed by atoms with Crippen molar-refractivity contribution in [2.45, 2.75) is 33.0 Å². The first-order chi connectivity index (χ1) is 14.5. The fourth-order valence-electron chi connectivity index (χ4n) is 3.05. The number of nitrogens with one attached hydrogen (secondary N) is 1. The van der Waals surface area contributed by atoms with Crippen molar-refractivity contribution >= 4 is 27.5 Å². The Hall–Kier alpha value is -2.08. The van der Waals surface area contributed by atoms with Gasteiger partial charge in [-0.05, 0) is 65.2 Å². The third-order valence-corrected chi connectivity index (χ3v) is 5.61. The zero-order valence-corrected chi connectivity index (χ0v) is 19.3. The Morgan fingerprint density at radius 1 is 1.07 bits per heavy atom. The lowest BCUT2D eigenvalue weighted by Crippen LogP contribution is -2.18. The minimum atomic E-state index is -0.374. The van der Waals surface area contributed by atoms with Gasteiger partial charge in [0.05, 0.1) is 16.1 Å². The van der Waals surface area contributed by atoms with Crippen LogP contribution in [-0.2, 0) is 13.2 Å². The highest BCUT2D eigenvalue weighted by molar-refractivity contribution is 9.10. The molecule has 0 aromatic heterocycles. The monoisotopic (exact) mass is 491 g/mol. The van der Waals surface area contributed by atoms with Gasteiger partial charge in [-0.1, -0.05) is 48.0 Å². The highest BCUT2D eigenvalue weighted by Crippen LogP contribution is 2.38. The van der Waals surface area contributed by atoms with E-state index in [9.17, 15) is 4.39 Å². The highest BCUT2D eigenvalue weighted by atomic mass is 79.9. The van der Waals surface area contributed by atoms with E-state index in [1.54, 1.807) is 6.07 Å². The normalized spacial score (nSPS) is 11.9. The Kier molecular flexibility index (Phi) is 8.14. The minimum absolute atomic E-state index is 0.209. The van der Waals surface area contributed by atoms with Crippen molar-refractivity contribution in [3.8, 4) is 11.5 Å². The lowest BCUT2D eigenvalue weighted by Gasteiger charge is -2.18. The third kappa shape index (κ3) is 5.97. The molecular weight excluding hydrogens is 469 g/mol. The van der Waals surface area contributed by atoms with Gasteiger partial charge < -0.3 is 14.8 Å². The molecule has 0 spiro atoms. The molecular formula is C24H24BrClFNO2. The molecule has 0 unspecified atom stereocenters. The van der Waals surface area contributed by atoms with Crippen LogP contribution in [0.3, 0.4) is 0 Å². The van der Waals surface area contributed by atoms with Gasteiger partial charge >= 0.3 is 0 Å². The molecule has 3 rings (SSSR count). The van der Waals surface area contributed by atoms with E-state index in [0.29, 0.717) is 35.2 Å². The first-order valence-electron chi connectivity index (χ1n) is 9.78. The molecule has 0 aliphatic heterocycles. The Bertz CT molecular complexity index is 984. The summed E-state index contributed by atoms with van der Waals surface area (Å²) >= 11 is 9.71. The van der Waals surface area contributed by atoms with Crippen LogP contribution < -0.4 is 14.8 Å². The van der Waals surface area contributed by atoms with Crippen LogP contribution in [0.15, 0.2) is 65.1 Å². The summed E-state index contributed by atoms with van der Waals surface area (Å²) in [5, 5.41) is 3.86. The first kappa shape index (κ1) is 22.6. The van der Waals surface area contributed by atoms with Gasteiger partial charge in [-0.15, -0.1) is 0 Å². The summed E-state index contributed by atoms with van der Waals surface area (Å²) in [6.45, 7) is 5.46. The number of halogens is 3.